The highest BCUT2D eigenvalue weighted by molar-refractivity contribution is 9.10. The second-order valence-electron chi connectivity index (χ2n) is 7.80. The number of amides is 1. The van der Waals surface area contributed by atoms with Crippen LogP contribution in [0, 0.1) is 5.92 Å². The molecule has 0 bridgehead atoms. The Morgan fingerprint density at radius 3 is 2.29 bits per heavy atom. The number of carbonyl (C=O) groups is 1. The van der Waals surface area contributed by atoms with Crippen LogP contribution in [0.25, 0.3) is 0 Å². The molecule has 2 aromatic carbocycles. The Kier molecular flexibility index (Phi) is 8.13. The number of nitrogens with one attached hydrogen (secondary N) is 1. The second-order valence-corrected chi connectivity index (χ2v) is 10.7. The molecule has 0 aliphatic carbocycles. The van der Waals surface area contributed by atoms with E-state index in [2.05, 4.69) is 21.2 Å². The maximum absolute atomic E-state index is 12.8. The molecule has 1 aliphatic rings. The molecular weight excluding hydrogens is 480 g/mol. The number of carbonyl (C=O) groups excluding carboxylic acids is 1. The quantitative estimate of drug-likeness (QED) is 0.577. The second kappa shape index (κ2) is 10.6. The molecule has 6 nitrogen and oxygen atoms in total. The first-order chi connectivity index (χ1) is 14.8. The zero-order valence-electron chi connectivity index (χ0n) is 17.9. The van der Waals surface area contributed by atoms with E-state index in [1.54, 1.807) is 7.11 Å². The third kappa shape index (κ3) is 6.30. The van der Waals surface area contributed by atoms with Crippen LogP contribution in [-0.4, -0.2) is 38.8 Å². The Bertz CT molecular complexity index is 970. The Labute approximate surface area is 193 Å². The molecule has 168 valence electrons. The highest BCUT2D eigenvalue weighted by Gasteiger charge is 2.31. The molecule has 1 atom stereocenters. The van der Waals surface area contributed by atoms with Crippen molar-refractivity contribution in [3.8, 4) is 5.75 Å². The molecule has 0 spiro atoms. The fraction of sp³-hybridized carbons (Fsp3) is 0.435. The summed E-state index contributed by atoms with van der Waals surface area (Å²) in [6.07, 6.45) is 1.84. The summed E-state index contributed by atoms with van der Waals surface area (Å²) in [7, 11) is -1.78. The van der Waals surface area contributed by atoms with Gasteiger partial charge in [0.15, 0.2) is 0 Å². The van der Waals surface area contributed by atoms with Crippen LogP contribution in [0.4, 0.5) is 0 Å². The number of rotatable bonds is 8. The lowest BCUT2D eigenvalue weighted by atomic mass is 9.95. The average Bonchev–Trinajstić information content (AvgIpc) is 2.79. The van der Waals surface area contributed by atoms with Gasteiger partial charge in [0.1, 0.15) is 5.75 Å². The number of hydrogen-bond donors (Lipinski definition) is 1. The number of sulfonamides is 1. The molecule has 1 aliphatic heterocycles. The highest BCUT2D eigenvalue weighted by Crippen LogP contribution is 2.25. The van der Waals surface area contributed by atoms with Crippen molar-refractivity contribution in [3.05, 3.63) is 64.1 Å². The smallest absolute Gasteiger partial charge is 0.223 e. The Hall–Kier alpha value is -1.90. The molecule has 1 unspecified atom stereocenters. The fourth-order valence-electron chi connectivity index (χ4n) is 3.83. The van der Waals surface area contributed by atoms with Crippen molar-refractivity contribution in [1.29, 1.82) is 0 Å². The zero-order chi connectivity index (χ0) is 22.4. The molecule has 2 aromatic rings. The molecule has 0 saturated carbocycles. The number of ether oxygens (including phenoxy) is 1. The molecular formula is C23H29BrN2O4S. The minimum atomic E-state index is -3.40. The van der Waals surface area contributed by atoms with Crippen molar-refractivity contribution in [2.45, 2.75) is 38.0 Å². The van der Waals surface area contributed by atoms with E-state index in [1.807, 2.05) is 55.5 Å². The van der Waals surface area contributed by atoms with Crippen LogP contribution < -0.4 is 10.1 Å². The number of methoxy groups -OCH3 is 1. The third-order valence-electron chi connectivity index (χ3n) is 5.72. The Morgan fingerprint density at radius 1 is 1.13 bits per heavy atom. The third-order valence-corrected chi connectivity index (χ3v) is 8.10. The van der Waals surface area contributed by atoms with E-state index >= 15 is 0 Å². The average molecular weight is 509 g/mol. The van der Waals surface area contributed by atoms with E-state index in [4.69, 9.17) is 4.74 Å². The van der Waals surface area contributed by atoms with Crippen molar-refractivity contribution >= 4 is 31.9 Å². The SMILES string of the molecule is CCC(NC(=O)C1CCN(S(=O)(=O)Cc2ccc(Br)cc2)CC1)c1ccc(OC)cc1. The van der Waals surface area contributed by atoms with Crippen LogP contribution in [0.15, 0.2) is 53.0 Å². The van der Waals surface area contributed by atoms with E-state index in [9.17, 15) is 13.2 Å². The van der Waals surface area contributed by atoms with Gasteiger partial charge in [-0.25, -0.2) is 12.7 Å². The van der Waals surface area contributed by atoms with Gasteiger partial charge in [0.25, 0.3) is 0 Å². The number of hydrogen-bond acceptors (Lipinski definition) is 4. The van der Waals surface area contributed by atoms with Crippen LogP contribution in [0.5, 0.6) is 5.75 Å². The van der Waals surface area contributed by atoms with Gasteiger partial charge in [-0.2, -0.15) is 0 Å². The minimum Gasteiger partial charge on any atom is -0.497 e. The molecule has 1 saturated heterocycles. The van der Waals surface area contributed by atoms with Gasteiger partial charge >= 0.3 is 0 Å². The first-order valence-electron chi connectivity index (χ1n) is 10.5. The summed E-state index contributed by atoms with van der Waals surface area (Å²) >= 11 is 3.36. The molecule has 1 N–H and O–H groups in total. The lowest BCUT2D eigenvalue weighted by Crippen LogP contribution is -2.44. The van der Waals surface area contributed by atoms with Gasteiger partial charge in [-0.3, -0.25) is 4.79 Å². The number of benzene rings is 2. The summed E-state index contributed by atoms with van der Waals surface area (Å²) in [4.78, 5) is 12.8. The molecule has 1 heterocycles. The van der Waals surface area contributed by atoms with Crippen LogP contribution >= 0.6 is 15.9 Å². The maximum atomic E-state index is 12.8. The van der Waals surface area contributed by atoms with Crippen molar-refractivity contribution in [1.82, 2.24) is 9.62 Å². The largest absolute Gasteiger partial charge is 0.497 e. The summed E-state index contributed by atoms with van der Waals surface area (Å²) in [6, 6.07) is 14.9. The molecule has 8 heteroatoms. The number of halogens is 1. The van der Waals surface area contributed by atoms with Crippen LogP contribution in [0.1, 0.15) is 43.4 Å². The summed E-state index contributed by atoms with van der Waals surface area (Å²) in [5.41, 5.74) is 1.79. The summed E-state index contributed by atoms with van der Waals surface area (Å²) in [5, 5.41) is 3.14. The molecule has 1 fully saturated rings. The summed E-state index contributed by atoms with van der Waals surface area (Å²) in [5.74, 6) is 0.577. The topological polar surface area (TPSA) is 75.7 Å². The Morgan fingerprint density at radius 2 is 1.74 bits per heavy atom. The van der Waals surface area contributed by atoms with Gasteiger partial charge in [-0.15, -0.1) is 0 Å². The van der Waals surface area contributed by atoms with E-state index < -0.39 is 10.0 Å². The number of nitrogens with zero attached hydrogens (tertiary/aromatic N) is 1. The molecule has 0 radical (unpaired) electrons. The monoisotopic (exact) mass is 508 g/mol. The van der Waals surface area contributed by atoms with Crippen LogP contribution in [0.3, 0.4) is 0 Å². The van der Waals surface area contributed by atoms with E-state index in [-0.39, 0.29) is 23.6 Å². The predicted molar refractivity (Wildman–Crippen MR) is 125 cm³/mol. The maximum Gasteiger partial charge on any atom is 0.223 e. The fourth-order valence-corrected chi connectivity index (χ4v) is 5.65. The lowest BCUT2D eigenvalue weighted by molar-refractivity contribution is -0.126. The van der Waals surface area contributed by atoms with E-state index in [0.717, 1.165) is 27.8 Å². The van der Waals surface area contributed by atoms with E-state index in [1.165, 1.54) is 4.31 Å². The first kappa shape index (κ1) is 23.8. The Balaban J connectivity index is 1.55. The molecule has 0 aromatic heterocycles. The summed E-state index contributed by atoms with van der Waals surface area (Å²) < 4.78 is 33.2. The first-order valence-corrected chi connectivity index (χ1v) is 12.9. The summed E-state index contributed by atoms with van der Waals surface area (Å²) in [6.45, 7) is 2.78. The number of piperidine rings is 1. The van der Waals surface area contributed by atoms with E-state index in [0.29, 0.717) is 25.9 Å². The van der Waals surface area contributed by atoms with Gasteiger partial charge in [-0.1, -0.05) is 47.1 Å². The molecule has 1 amide bonds. The van der Waals surface area contributed by atoms with Gasteiger partial charge in [0, 0.05) is 23.5 Å². The van der Waals surface area contributed by atoms with Crippen LogP contribution in [-0.2, 0) is 20.6 Å². The minimum absolute atomic E-state index is 0.00683. The normalized spacial score (nSPS) is 16.6. The molecule has 31 heavy (non-hydrogen) atoms. The highest BCUT2D eigenvalue weighted by atomic mass is 79.9. The molecule has 3 rings (SSSR count). The van der Waals surface area contributed by atoms with Gasteiger partial charge < -0.3 is 10.1 Å². The lowest BCUT2D eigenvalue weighted by Gasteiger charge is -2.31. The standard InChI is InChI=1S/C23H29BrN2O4S/c1-3-22(18-6-10-21(30-2)11-7-18)25-23(27)19-12-14-26(15-13-19)31(28,29)16-17-4-8-20(24)9-5-17/h4-11,19,22H,3,12-16H2,1-2H3,(H,25,27). The van der Waals surface area contributed by atoms with Gasteiger partial charge in [-0.05, 0) is 54.7 Å². The zero-order valence-corrected chi connectivity index (χ0v) is 20.3. The van der Waals surface area contributed by atoms with Crippen LogP contribution in [0.2, 0.25) is 0 Å². The van der Waals surface area contributed by atoms with Crippen molar-refractivity contribution in [3.63, 3.8) is 0 Å². The van der Waals surface area contributed by atoms with Gasteiger partial charge in [0.05, 0.1) is 18.9 Å². The van der Waals surface area contributed by atoms with Crippen molar-refractivity contribution in [2.24, 2.45) is 5.92 Å². The predicted octanol–water partition coefficient (Wildman–Crippen LogP) is 4.27. The van der Waals surface area contributed by atoms with Crippen molar-refractivity contribution in [2.75, 3.05) is 20.2 Å². The van der Waals surface area contributed by atoms with Crippen molar-refractivity contribution < 1.29 is 17.9 Å². The van der Waals surface area contributed by atoms with Gasteiger partial charge in [0.2, 0.25) is 15.9 Å².